The quantitative estimate of drug-likeness (QED) is 0.826. The second-order valence-electron chi connectivity index (χ2n) is 4.60. The molecule has 1 aliphatic rings. The first-order valence-corrected chi connectivity index (χ1v) is 6.02. The Bertz CT molecular complexity index is 372. The van der Waals surface area contributed by atoms with E-state index in [2.05, 4.69) is 10.2 Å². The van der Waals surface area contributed by atoms with Gasteiger partial charge in [-0.25, -0.2) is 4.39 Å². The highest BCUT2D eigenvalue weighted by atomic mass is 19.1. The summed E-state index contributed by atoms with van der Waals surface area (Å²) < 4.78 is 13.2. The second-order valence-corrected chi connectivity index (χ2v) is 4.60. The van der Waals surface area contributed by atoms with Crippen molar-refractivity contribution in [3.8, 4) is 0 Å². The number of β-amino-alcohol motifs (C(OH)–C–C–N with tert-alkyl or cyclic N) is 1. The molecule has 0 aliphatic carbocycles. The molecule has 3 nitrogen and oxygen atoms in total. The Morgan fingerprint density at radius 3 is 3.00 bits per heavy atom. The molecule has 1 heterocycles. The molecule has 1 aromatic rings. The minimum atomic E-state index is -0.208. The third-order valence-electron chi connectivity index (χ3n) is 3.29. The predicted molar refractivity (Wildman–Crippen MR) is 65.3 cm³/mol. The van der Waals surface area contributed by atoms with Gasteiger partial charge in [0, 0.05) is 25.7 Å². The summed E-state index contributed by atoms with van der Waals surface area (Å²) in [6, 6.07) is 6.78. The summed E-state index contributed by atoms with van der Waals surface area (Å²) in [5.74, 6) is -0.204. The van der Waals surface area contributed by atoms with Crippen LogP contribution < -0.4 is 5.32 Å². The van der Waals surface area contributed by atoms with E-state index in [-0.39, 0.29) is 18.0 Å². The van der Waals surface area contributed by atoms with Gasteiger partial charge in [-0.3, -0.25) is 4.90 Å². The zero-order valence-corrected chi connectivity index (χ0v) is 10.1. The van der Waals surface area contributed by atoms with Crippen molar-refractivity contribution >= 4 is 0 Å². The van der Waals surface area contributed by atoms with Crippen LogP contribution in [0, 0.1) is 5.82 Å². The summed E-state index contributed by atoms with van der Waals surface area (Å²) in [6.45, 7) is 2.43. The van der Waals surface area contributed by atoms with Gasteiger partial charge in [-0.1, -0.05) is 12.1 Å². The van der Waals surface area contributed by atoms with Gasteiger partial charge in [0.1, 0.15) is 5.82 Å². The highest BCUT2D eigenvalue weighted by Gasteiger charge is 2.23. The van der Waals surface area contributed by atoms with Gasteiger partial charge in [-0.15, -0.1) is 0 Å². The molecule has 1 fully saturated rings. The van der Waals surface area contributed by atoms with E-state index in [9.17, 15) is 9.50 Å². The third-order valence-corrected chi connectivity index (χ3v) is 3.29. The molecule has 2 rings (SSSR count). The highest BCUT2D eigenvalue weighted by Crippen LogP contribution is 2.18. The van der Waals surface area contributed by atoms with Gasteiger partial charge in [0.05, 0.1) is 6.10 Å². The number of aliphatic hydroxyl groups is 1. The van der Waals surface area contributed by atoms with E-state index >= 15 is 0 Å². The molecule has 1 aliphatic heterocycles. The van der Waals surface area contributed by atoms with Crippen LogP contribution in [0.15, 0.2) is 24.3 Å². The monoisotopic (exact) mass is 238 g/mol. The molecule has 2 unspecified atom stereocenters. The van der Waals surface area contributed by atoms with E-state index in [1.807, 2.05) is 13.1 Å². The Morgan fingerprint density at radius 2 is 2.41 bits per heavy atom. The van der Waals surface area contributed by atoms with Crippen molar-refractivity contribution in [3.63, 3.8) is 0 Å². The minimum Gasteiger partial charge on any atom is -0.392 e. The van der Waals surface area contributed by atoms with Crippen LogP contribution in [0.5, 0.6) is 0 Å². The van der Waals surface area contributed by atoms with Gasteiger partial charge in [0.25, 0.3) is 0 Å². The van der Waals surface area contributed by atoms with Crippen molar-refractivity contribution in [2.75, 3.05) is 26.7 Å². The van der Waals surface area contributed by atoms with Crippen molar-refractivity contribution in [1.82, 2.24) is 10.2 Å². The van der Waals surface area contributed by atoms with Gasteiger partial charge in [-0.05, 0) is 31.2 Å². The Balaban J connectivity index is 2.01. The van der Waals surface area contributed by atoms with Crippen LogP contribution in [0.1, 0.15) is 18.0 Å². The number of rotatable bonds is 4. The van der Waals surface area contributed by atoms with Gasteiger partial charge in [0.2, 0.25) is 0 Å². The molecular weight excluding hydrogens is 219 g/mol. The molecule has 2 N–H and O–H groups in total. The van der Waals surface area contributed by atoms with E-state index in [1.165, 1.54) is 6.07 Å². The zero-order valence-electron chi connectivity index (χ0n) is 10.1. The Morgan fingerprint density at radius 1 is 1.59 bits per heavy atom. The number of nitrogens with one attached hydrogen (secondary N) is 1. The van der Waals surface area contributed by atoms with E-state index in [4.69, 9.17) is 0 Å². The Hall–Kier alpha value is -0.970. The molecular formula is C13H19FN2O. The molecule has 0 aromatic heterocycles. The first-order chi connectivity index (χ1) is 8.19. The van der Waals surface area contributed by atoms with Crippen molar-refractivity contribution in [1.29, 1.82) is 0 Å². The number of benzene rings is 1. The summed E-state index contributed by atoms with van der Waals surface area (Å²) in [6.07, 6.45) is 0.625. The van der Waals surface area contributed by atoms with Crippen molar-refractivity contribution in [2.45, 2.75) is 18.6 Å². The second kappa shape index (κ2) is 5.58. The van der Waals surface area contributed by atoms with Gasteiger partial charge in [-0.2, -0.15) is 0 Å². The number of hydrogen-bond acceptors (Lipinski definition) is 3. The maximum absolute atomic E-state index is 13.2. The molecule has 0 saturated carbocycles. The number of halogens is 1. The fourth-order valence-corrected chi connectivity index (χ4v) is 2.32. The molecule has 17 heavy (non-hydrogen) atoms. The summed E-state index contributed by atoms with van der Waals surface area (Å²) in [5, 5.41) is 12.7. The van der Waals surface area contributed by atoms with Crippen molar-refractivity contribution < 1.29 is 9.50 Å². The fourth-order valence-electron chi connectivity index (χ4n) is 2.32. The van der Waals surface area contributed by atoms with Gasteiger partial charge in [0.15, 0.2) is 0 Å². The number of likely N-dealkylation sites (tertiary alicyclic amines) is 1. The first kappa shape index (κ1) is 12.5. The Kier molecular flexibility index (Phi) is 4.10. The smallest absolute Gasteiger partial charge is 0.123 e. The lowest BCUT2D eigenvalue weighted by molar-refractivity contribution is 0.173. The van der Waals surface area contributed by atoms with Gasteiger partial charge < -0.3 is 10.4 Å². The molecule has 0 bridgehead atoms. The summed E-state index contributed by atoms with van der Waals surface area (Å²) in [4.78, 5) is 2.21. The van der Waals surface area contributed by atoms with Crippen molar-refractivity contribution in [2.24, 2.45) is 0 Å². The predicted octanol–water partition coefficient (Wildman–Crippen LogP) is 1.15. The molecule has 1 aromatic carbocycles. The number of aliphatic hydroxyl groups excluding tert-OH is 1. The van der Waals surface area contributed by atoms with Gasteiger partial charge >= 0.3 is 0 Å². The normalized spacial score (nSPS) is 22.9. The van der Waals surface area contributed by atoms with Crippen LogP contribution in [0.25, 0.3) is 0 Å². The third kappa shape index (κ3) is 3.25. The number of nitrogens with zero attached hydrogens (tertiary/aromatic N) is 1. The number of likely N-dealkylation sites (N-methyl/N-ethyl adjacent to an activating group) is 1. The maximum atomic E-state index is 13.2. The van der Waals surface area contributed by atoms with Crippen LogP contribution in [-0.4, -0.2) is 42.8 Å². The lowest BCUT2D eigenvalue weighted by atomic mass is 10.1. The average molecular weight is 238 g/mol. The SMILES string of the molecule is CNC(CN1CCC(O)C1)c1cccc(F)c1. The van der Waals surface area contributed by atoms with Crippen molar-refractivity contribution in [3.05, 3.63) is 35.6 Å². The Labute approximate surface area is 101 Å². The van der Waals surface area contributed by atoms with Crippen LogP contribution in [0.2, 0.25) is 0 Å². The maximum Gasteiger partial charge on any atom is 0.123 e. The van der Waals surface area contributed by atoms with Crippen LogP contribution in [0.4, 0.5) is 4.39 Å². The van der Waals surface area contributed by atoms with Crippen LogP contribution in [0.3, 0.4) is 0 Å². The summed E-state index contributed by atoms with van der Waals surface area (Å²) in [5.41, 5.74) is 0.953. The van der Waals surface area contributed by atoms with Crippen LogP contribution >= 0.6 is 0 Å². The largest absolute Gasteiger partial charge is 0.392 e. The first-order valence-electron chi connectivity index (χ1n) is 6.02. The standard InChI is InChI=1S/C13H19FN2O/c1-15-13(9-16-6-5-12(17)8-16)10-3-2-4-11(14)7-10/h2-4,7,12-13,15,17H,5-6,8-9H2,1H3. The average Bonchev–Trinajstić information content (AvgIpc) is 2.72. The molecule has 0 amide bonds. The molecule has 0 spiro atoms. The molecule has 0 radical (unpaired) electrons. The van der Waals surface area contributed by atoms with E-state index in [0.29, 0.717) is 6.54 Å². The summed E-state index contributed by atoms with van der Waals surface area (Å²) in [7, 11) is 1.88. The lowest BCUT2D eigenvalue weighted by Crippen LogP contribution is -2.33. The zero-order chi connectivity index (χ0) is 12.3. The molecule has 2 atom stereocenters. The van der Waals surface area contributed by atoms with E-state index < -0.39 is 0 Å². The fraction of sp³-hybridized carbons (Fsp3) is 0.538. The minimum absolute atomic E-state index is 0.107. The highest BCUT2D eigenvalue weighted by molar-refractivity contribution is 5.20. The lowest BCUT2D eigenvalue weighted by Gasteiger charge is -2.23. The molecule has 94 valence electrons. The van der Waals surface area contributed by atoms with E-state index in [1.54, 1.807) is 12.1 Å². The van der Waals surface area contributed by atoms with Crippen LogP contribution in [-0.2, 0) is 0 Å². The topological polar surface area (TPSA) is 35.5 Å². The molecule has 4 heteroatoms. The molecule has 1 saturated heterocycles. The van der Waals surface area contributed by atoms with E-state index in [0.717, 1.165) is 25.1 Å². The number of hydrogen-bond donors (Lipinski definition) is 2. The summed E-state index contributed by atoms with van der Waals surface area (Å²) >= 11 is 0.